The number of aromatic nitrogens is 1. The number of hydrogen-bond acceptors (Lipinski definition) is 3. The Bertz CT molecular complexity index is 488. The van der Waals surface area contributed by atoms with Gasteiger partial charge in [0.25, 0.3) is 0 Å². The third-order valence-corrected chi connectivity index (χ3v) is 3.73. The van der Waals surface area contributed by atoms with Crippen LogP contribution in [0.5, 0.6) is 0 Å². The standard InChI is InChI=1S/C13H13ClN2S/c14-11-9-10(6-7-15)4-5-12(11)17-13-3-1-2-8-16-13/h1-5,8-9H,6-7,15H2. The monoisotopic (exact) mass is 264 g/mol. The number of nitrogens with zero attached hydrogens (tertiary/aromatic N) is 1. The predicted octanol–water partition coefficient (Wildman–Crippen LogP) is 3.39. The van der Waals surface area contributed by atoms with Crippen molar-refractivity contribution in [1.82, 2.24) is 4.98 Å². The van der Waals surface area contributed by atoms with E-state index in [9.17, 15) is 0 Å². The van der Waals surface area contributed by atoms with Gasteiger partial charge < -0.3 is 5.73 Å². The lowest BCUT2D eigenvalue weighted by molar-refractivity contribution is 0.966. The number of nitrogens with two attached hydrogens (primary N) is 1. The summed E-state index contributed by atoms with van der Waals surface area (Å²) in [5.41, 5.74) is 6.68. The van der Waals surface area contributed by atoms with Crippen molar-refractivity contribution in [3.05, 3.63) is 53.2 Å². The van der Waals surface area contributed by atoms with Crippen molar-refractivity contribution in [2.24, 2.45) is 5.73 Å². The first-order valence-corrected chi connectivity index (χ1v) is 6.56. The lowest BCUT2D eigenvalue weighted by Gasteiger charge is -2.05. The zero-order valence-electron chi connectivity index (χ0n) is 9.27. The highest BCUT2D eigenvalue weighted by Crippen LogP contribution is 2.32. The summed E-state index contributed by atoms with van der Waals surface area (Å²) >= 11 is 7.79. The number of halogens is 1. The van der Waals surface area contributed by atoms with Gasteiger partial charge in [-0.25, -0.2) is 4.98 Å². The molecule has 17 heavy (non-hydrogen) atoms. The van der Waals surface area contributed by atoms with Gasteiger partial charge in [0.2, 0.25) is 0 Å². The Morgan fingerprint density at radius 2 is 2.12 bits per heavy atom. The molecule has 0 aliphatic rings. The maximum Gasteiger partial charge on any atom is 0.101 e. The van der Waals surface area contributed by atoms with E-state index in [1.807, 2.05) is 30.3 Å². The highest BCUT2D eigenvalue weighted by atomic mass is 35.5. The Labute approximate surface area is 110 Å². The first kappa shape index (κ1) is 12.4. The molecule has 0 saturated carbocycles. The van der Waals surface area contributed by atoms with E-state index in [2.05, 4.69) is 11.1 Å². The minimum absolute atomic E-state index is 0.642. The molecule has 1 heterocycles. The van der Waals surface area contributed by atoms with Crippen LogP contribution in [0.25, 0.3) is 0 Å². The Kier molecular flexibility index (Phi) is 4.42. The van der Waals surface area contributed by atoms with Crippen LogP contribution in [-0.2, 0) is 6.42 Å². The fraction of sp³-hybridized carbons (Fsp3) is 0.154. The van der Waals surface area contributed by atoms with E-state index >= 15 is 0 Å². The Morgan fingerprint density at radius 3 is 2.76 bits per heavy atom. The summed E-state index contributed by atoms with van der Waals surface area (Å²) in [6.07, 6.45) is 2.63. The van der Waals surface area contributed by atoms with Crippen molar-refractivity contribution in [2.45, 2.75) is 16.3 Å². The van der Waals surface area contributed by atoms with Crippen LogP contribution >= 0.6 is 23.4 Å². The molecule has 88 valence electrons. The molecule has 1 aromatic carbocycles. The Hall–Kier alpha value is -1.03. The summed E-state index contributed by atoms with van der Waals surface area (Å²) < 4.78 is 0. The molecular formula is C13H13ClN2S. The molecule has 2 aromatic rings. The van der Waals surface area contributed by atoms with E-state index in [1.54, 1.807) is 18.0 Å². The Morgan fingerprint density at radius 1 is 1.24 bits per heavy atom. The maximum absolute atomic E-state index is 6.23. The van der Waals surface area contributed by atoms with Crippen LogP contribution in [0.15, 0.2) is 52.5 Å². The van der Waals surface area contributed by atoms with E-state index in [4.69, 9.17) is 17.3 Å². The molecule has 0 radical (unpaired) electrons. The van der Waals surface area contributed by atoms with Gasteiger partial charge in [-0.2, -0.15) is 0 Å². The first-order chi connectivity index (χ1) is 8.29. The topological polar surface area (TPSA) is 38.9 Å². The summed E-state index contributed by atoms with van der Waals surface area (Å²) in [6.45, 7) is 0.642. The molecule has 0 aliphatic carbocycles. The van der Waals surface area contributed by atoms with Crippen LogP contribution in [0.4, 0.5) is 0 Å². The summed E-state index contributed by atoms with van der Waals surface area (Å²) in [7, 11) is 0. The van der Waals surface area contributed by atoms with Crippen LogP contribution in [0.1, 0.15) is 5.56 Å². The van der Waals surface area contributed by atoms with Crippen LogP contribution in [0.2, 0.25) is 5.02 Å². The van der Waals surface area contributed by atoms with Crippen LogP contribution in [0.3, 0.4) is 0 Å². The lowest BCUT2D eigenvalue weighted by atomic mass is 10.1. The van der Waals surface area contributed by atoms with Gasteiger partial charge in [-0.05, 0) is 42.8 Å². The second kappa shape index (κ2) is 6.05. The van der Waals surface area contributed by atoms with Gasteiger partial charge in [-0.3, -0.25) is 0 Å². The van der Waals surface area contributed by atoms with Crippen molar-refractivity contribution in [3.63, 3.8) is 0 Å². The quantitative estimate of drug-likeness (QED) is 0.920. The van der Waals surface area contributed by atoms with Crippen molar-refractivity contribution >= 4 is 23.4 Å². The summed E-state index contributed by atoms with van der Waals surface area (Å²) in [5, 5.41) is 1.70. The average Bonchev–Trinajstić information content (AvgIpc) is 2.34. The third kappa shape index (κ3) is 3.46. The fourth-order valence-corrected chi connectivity index (χ4v) is 2.57. The number of rotatable bonds is 4. The highest BCUT2D eigenvalue weighted by Gasteiger charge is 2.04. The van der Waals surface area contributed by atoms with Crippen LogP contribution in [-0.4, -0.2) is 11.5 Å². The lowest BCUT2D eigenvalue weighted by Crippen LogP contribution is -2.02. The van der Waals surface area contributed by atoms with Crippen molar-refractivity contribution in [2.75, 3.05) is 6.54 Å². The smallest absolute Gasteiger partial charge is 0.101 e. The van der Waals surface area contributed by atoms with E-state index in [0.717, 1.165) is 21.4 Å². The molecule has 2 rings (SSSR count). The van der Waals surface area contributed by atoms with Crippen molar-refractivity contribution in [1.29, 1.82) is 0 Å². The molecule has 4 heteroatoms. The number of benzene rings is 1. The van der Waals surface area contributed by atoms with Gasteiger partial charge in [-0.15, -0.1) is 0 Å². The predicted molar refractivity (Wildman–Crippen MR) is 72.6 cm³/mol. The minimum Gasteiger partial charge on any atom is -0.330 e. The van der Waals surface area contributed by atoms with Gasteiger partial charge in [0.15, 0.2) is 0 Å². The molecule has 0 unspecified atom stereocenters. The molecule has 0 atom stereocenters. The minimum atomic E-state index is 0.642. The van der Waals surface area contributed by atoms with E-state index < -0.39 is 0 Å². The summed E-state index contributed by atoms with van der Waals surface area (Å²) in [4.78, 5) is 5.28. The summed E-state index contributed by atoms with van der Waals surface area (Å²) in [5.74, 6) is 0. The molecule has 0 fully saturated rings. The van der Waals surface area contributed by atoms with Crippen LogP contribution in [0, 0.1) is 0 Å². The van der Waals surface area contributed by atoms with Gasteiger partial charge in [-0.1, -0.05) is 35.5 Å². The fourth-order valence-electron chi connectivity index (χ4n) is 1.47. The second-order valence-corrected chi connectivity index (χ2v) is 5.04. The molecule has 0 amide bonds. The maximum atomic E-state index is 6.23. The largest absolute Gasteiger partial charge is 0.330 e. The molecular weight excluding hydrogens is 252 g/mol. The number of pyridine rings is 1. The van der Waals surface area contributed by atoms with Gasteiger partial charge in [0.1, 0.15) is 5.03 Å². The van der Waals surface area contributed by atoms with E-state index in [0.29, 0.717) is 6.54 Å². The molecule has 0 spiro atoms. The molecule has 2 nitrogen and oxygen atoms in total. The molecule has 1 aromatic heterocycles. The average molecular weight is 265 g/mol. The molecule has 2 N–H and O–H groups in total. The van der Waals surface area contributed by atoms with Gasteiger partial charge in [0, 0.05) is 11.1 Å². The van der Waals surface area contributed by atoms with E-state index in [-0.39, 0.29) is 0 Å². The second-order valence-electron chi connectivity index (χ2n) is 3.57. The normalized spacial score (nSPS) is 10.5. The van der Waals surface area contributed by atoms with Gasteiger partial charge >= 0.3 is 0 Å². The third-order valence-electron chi connectivity index (χ3n) is 2.28. The Balaban J connectivity index is 2.17. The highest BCUT2D eigenvalue weighted by molar-refractivity contribution is 7.99. The van der Waals surface area contributed by atoms with Gasteiger partial charge in [0.05, 0.1) is 5.02 Å². The van der Waals surface area contributed by atoms with E-state index in [1.165, 1.54) is 5.56 Å². The molecule has 0 bridgehead atoms. The SMILES string of the molecule is NCCc1ccc(Sc2ccccn2)c(Cl)c1. The molecule has 0 saturated heterocycles. The van der Waals surface area contributed by atoms with Crippen molar-refractivity contribution in [3.8, 4) is 0 Å². The summed E-state index contributed by atoms with van der Waals surface area (Å²) in [6, 6.07) is 11.9. The van der Waals surface area contributed by atoms with Crippen LogP contribution < -0.4 is 5.73 Å². The first-order valence-electron chi connectivity index (χ1n) is 5.37. The van der Waals surface area contributed by atoms with Crippen molar-refractivity contribution < 1.29 is 0 Å². The molecule has 0 aliphatic heterocycles. The zero-order chi connectivity index (χ0) is 12.1. The zero-order valence-corrected chi connectivity index (χ0v) is 10.8. The number of hydrogen-bond donors (Lipinski definition) is 1.